The lowest BCUT2D eigenvalue weighted by atomic mass is 10.0. The van der Waals surface area contributed by atoms with Gasteiger partial charge in [0.25, 0.3) is 0 Å². The van der Waals surface area contributed by atoms with Crippen LogP contribution in [0.15, 0.2) is 55.0 Å². The van der Waals surface area contributed by atoms with E-state index >= 15 is 0 Å². The van der Waals surface area contributed by atoms with Crippen molar-refractivity contribution in [1.29, 1.82) is 0 Å². The van der Waals surface area contributed by atoms with Crippen molar-refractivity contribution in [1.82, 2.24) is 29.3 Å². The number of anilines is 1. The van der Waals surface area contributed by atoms with Crippen molar-refractivity contribution in [3.05, 3.63) is 60.6 Å². The molecule has 45 heavy (non-hydrogen) atoms. The second kappa shape index (κ2) is 12.3. The molecule has 1 amide bonds. The SMILES string of the molecule is COc1ccc([C@@H](C)N2CC([C@@H](C)Oc3nc(-c4ccc(N5CCN(C6COC6)CC5)cn4)cc4ncn(C)c34)CC2=O)cc1. The Kier molecular flexibility index (Phi) is 8.05. The molecule has 11 heteroatoms. The van der Waals surface area contributed by atoms with Crippen molar-refractivity contribution in [3.63, 3.8) is 0 Å². The van der Waals surface area contributed by atoms with Gasteiger partial charge in [0.2, 0.25) is 11.8 Å². The quantitative estimate of drug-likeness (QED) is 0.279. The van der Waals surface area contributed by atoms with Crippen LogP contribution >= 0.6 is 0 Å². The first-order valence-corrected chi connectivity index (χ1v) is 15.8. The van der Waals surface area contributed by atoms with Gasteiger partial charge in [0, 0.05) is 52.1 Å². The van der Waals surface area contributed by atoms with Crippen molar-refractivity contribution in [2.45, 2.75) is 38.5 Å². The number of hydrogen-bond acceptors (Lipinski definition) is 9. The summed E-state index contributed by atoms with van der Waals surface area (Å²) in [5.74, 6) is 1.47. The highest BCUT2D eigenvalue weighted by atomic mass is 16.5. The highest BCUT2D eigenvalue weighted by Gasteiger charge is 2.37. The maximum absolute atomic E-state index is 13.1. The average Bonchev–Trinajstić information content (AvgIpc) is 3.62. The highest BCUT2D eigenvalue weighted by molar-refractivity contribution is 5.84. The summed E-state index contributed by atoms with van der Waals surface area (Å²) >= 11 is 0. The van der Waals surface area contributed by atoms with Gasteiger partial charge in [0.1, 0.15) is 17.4 Å². The molecule has 3 aliphatic heterocycles. The predicted molar refractivity (Wildman–Crippen MR) is 171 cm³/mol. The number of aryl methyl sites for hydroxylation is 1. The molecule has 6 heterocycles. The van der Waals surface area contributed by atoms with E-state index in [1.807, 2.05) is 66.0 Å². The number of nitrogens with zero attached hydrogens (tertiary/aromatic N) is 7. The molecule has 3 atom stereocenters. The minimum absolute atomic E-state index is 0.0293. The smallest absolute Gasteiger partial charge is 0.241 e. The van der Waals surface area contributed by atoms with Gasteiger partial charge in [-0.15, -0.1) is 0 Å². The lowest BCUT2D eigenvalue weighted by molar-refractivity contribution is -0.129. The number of carbonyl (C=O) groups is 1. The topological polar surface area (TPSA) is 98.1 Å². The number of methoxy groups -OCH3 is 1. The van der Waals surface area contributed by atoms with Crippen LogP contribution in [0.4, 0.5) is 5.69 Å². The Morgan fingerprint density at radius 3 is 2.42 bits per heavy atom. The number of amides is 1. The molecule has 7 rings (SSSR count). The molecule has 0 spiro atoms. The molecule has 3 aromatic heterocycles. The summed E-state index contributed by atoms with van der Waals surface area (Å²) in [7, 11) is 3.59. The number of hydrogen-bond donors (Lipinski definition) is 0. The van der Waals surface area contributed by atoms with Crippen molar-refractivity contribution in [2.75, 3.05) is 57.9 Å². The number of benzene rings is 1. The van der Waals surface area contributed by atoms with Gasteiger partial charge in [0.05, 0.1) is 67.5 Å². The van der Waals surface area contributed by atoms with Gasteiger partial charge in [-0.3, -0.25) is 14.7 Å². The first-order valence-electron chi connectivity index (χ1n) is 15.8. The van der Waals surface area contributed by atoms with Gasteiger partial charge in [-0.25, -0.2) is 9.97 Å². The molecule has 11 nitrogen and oxygen atoms in total. The molecule has 1 aromatic carbocycles. The molecular weight excluding hydrogens is 570 g/mol. The molecular formula is C34H41N7O4. The molecule has 3 aliphatic rings. The lowest BCUT2D eigenvalue weighted by Crippen LogP contribution is -2.56. The number of imidazole rings is 1. The number of likely N-dealkylation sites (tertiary alicyclic amines) is 1. The van der Waals surface area contributed by atoms with E-state index in [1.165, 1.54) is 0 Å². The summed E-state index contributed by atoms with van der Waals surface area (Å²) in [6.45, 7) is 10.5. The Labute approximate surface area is 263 Å². The third-order valence-corrected chi connectivity index (χ3v) is 9.71. The van der Waals surface area contributed by atoms with Crippen LogP contribution in [0.2, 0.25) is 0 Å². The van der Waals surface area contributed by atoms with Crippen LogP contribution in [0.1, 0.15) is 31.9 Å². The van der Waals surface area contributed by atoms with E-state index in [1.54, 1.807) is 13.4 Å². The standard InChI is InChI=1S/C34H41N7O4/c1-22(24-5-8-28(43-4)9-6-24)41-18-25(15-32(41)42)23(2)45-34-33-31(36-21-38(33)3)16-30(37-34)29-10-7-26(17-35-29)39-11-13-40(14-12-39)27-19-44-20-27/h5-10,16-17,21-23,25,27H,11-15,18-20H2,1-4H3/t22-,23-,25?/m1/s1. The molecule has 236 valence electrons. The van der Waals surface area contributed by atoms with Crippen LogP contribution in [-0.2, 0) is 16.6 Å². The first kappa shape index (κ1) is 29.5. The average molecular weight is 612 g/mol. The van der Waals surface area contributed by atoms with E-state index in [-0.39, 0.29) is 24.0 Å². The van der Waals surface area contributed by atoms with Crippen molar-refractivity contribution in [2.24, 2.45) is 13.0 Å². The van der Waals surface area contributed by atoms with Crippen molar-refractivity contribution < 1.29 is 19.0 Å². The number of fused-ring (bicyclic) bond motifs is 1. The molecule has 0 bridgehead atoms. The van der Waals surface area contributed by atoms with Gasteiger partial charge in [0.15, 0.2) is 0 Å². The Balaban J connectivity index is 1.06. The maximum Gasteiger partial charge on any atom is 0.241 e. The van der Waals surface area contributed by atoms with E-state index in [0.29, 0.717) is 30.6 Å². The van der Waals surface area contributed by atoms with Gasteiger partial charge < -0.3 is 28.6 Å². The number of piperazine rings is 1. The van der Waals surface area contributed by atoms with Gasteiger partial charge in [-0.2, -0.15) is 0 Å². The molecule has 0 saturated carbocycles. The monoisotopic (exact) mass is 611 g/mol. The van der Waals surface area contributed by atoms with E-state index in [0.717, 1.165) is 73.1 Å². The summed E-state index contributed by atoms with van der Waals surface area (Å²) in [4.78, 5) is 34.4. The van der Waals surface area contributed by atoms with E-state index in [2.05, 4.69) is 27.8 Å². The van der Waals surface area contributed by atoms with Crippen LogP contribution in [0, 0.1) is 5.92 Å². The second-order valence-corrected chi connectivity index (χ2v) is 12.4. The number of aromatic nitrogens is 4. The fourth-order valence-electron chi connectivity index (χ4n) is 6.64. The fraction of sp³-hybridized carbons (Fsp3) is 0.471. The van der Waals surface area contributed by atoms with Crippen molar-refractivity contribution >= 4 is 22.6 Å². The Hall–Kier alpha value is -4.22. The van der Waals surface area contributed by atoms with Crippen LogP contribution < -0.4 is 14.4 Å². The first-order chi connectivity index (χ1) is 21.9. The van der Waals surface area contributed by atoms with Gasteiger partial charge in [-0.1, -0.05) is 12.1 Å². The number of ether oxygens (including phenoxy) is 3. The summed E-state index contributed by atoms with van der Waals surface area (Å²) in [5.41, 5.74) is 5.29. The van der Waals surface area contributed by atoms with Crippen LogP contribution in [0.3, 0.4) is 0 Å². The largest absolute Gasteiger partial charge is 0.497 e. The molecule has 0 radical (unpaired) electrons. The molecule has 0 aliphatic carbocycles. The molecule has 1 unspecified atom stereocenters. The predicted octanol–water partition coefficient (Wildman–Crippen LogP) is 3.94. The van der Waals surface area contributed by atoms with E-state index in [9.17, 15) is 4.79 Å². The summed E-state index contributed by atoms with van der Waals surface area (Å²) < 4.78 is 19.2. The lowest BCUT2D eigenvalue weighted by Gasteiger charge is -2.43. The Bertz CT molecular complexity index is 1650. The molecule has 0 N–H and O–H groups in total. The second-order valence-electron chi connectivity index (χ2n) is 12.4. The third kappa shape index (κ3) is 5.82. The minimum atomic E-state index is -0.233. The van der Waals surface area contributed by atoms with Gasteiger partial charge in [-0.05, 0) is 49.7 Å². The number of pyridine rings is 2. The Morgan fingerprint density at radius 2 is 1.76 bits per heavy atom. The fourth-order valence-corrected chi connectivity index (χ4v) is 6.64. The third-order valence-electron chi connectivity index (χ3n) is 9.71. The van der Waals surface area contributed by atoms with Crippen LogP contribution in [0.5, 0.6) is 11.6 Å². The van der Waals surface area contributed by atoms with Crippen LogP contribution in [-0.4, -0.2) is 100 Å². The normalized spacial score (nSPS) is 20.8. The van der Waals surface area contributed by atoms with Crippen LogP contribution in [0.25, 0.3) is 22.4 Å². The minimum Gasteiger partial charge on any atom is -0.497 e. The maximum atomic E-state index is 13.1. The van der Waals surface area contributed by atoms with E-state index in [4.69, 9.17) is 24.2 Å². The molecule has 4 aromatic rings. The summed E-state index contributed by atoms with van der Waals surface area (Å²) in [6.07, 6.45) is 3.91. The molecule has 3 fully saturated rings. The Morgan fingerprint density at radius 1 is 0.978 bits per heavy atom. The number of rotatable bonds is 9. The summed E-state index contributed by atoms with van der Waals surface area (Å²) in [5, 5.41) is 0. The zero-order valence-electron chi connectivity index (χ0n) is 26.4. The highest BCUT2D eigenvalue weighted by Crippen LogP contribution is 2.34. The van der Waals surface area contributed by atoms with Gasteiger partial charge >= 0.3 is 0 Å². The molecule has 3 saturated heterocycles. The zero-order chi connectivity index (χ0) is 31.1. The summed E-state index contributed by atoms with van der Waals surface area (Å²) in [6, 6.07) is 14.6. The van der Waals surface area contributed by atoms with Crippen molar-refractivity contribution in [3.8, 4) is 23.0 Å². The number of carbonyl (C=O) groups excluding carboxylic acids is 1. The zero-order valence-corrected chi connectivity index (χ0v) is 26.4. The van der Waals surface area contributed by atoms with E-state index < -0.39 is 0 Å².